The number of aliphatic carboxylic acids is 1. The number of nitrogens with one attached hydrogen (secondary N) is 2. The number of aliphatic hydroxyl groups is 1. The Bertz CT molecular complexity index is 415. The van der Waals surface area contributed by atoms with Crippen LogP contribution in [-0.2, 0) is 11.3 Å². The maximum absolute atomic E-state index is 11.3. The van der Waals surface area contributed by atoms with E-state index < -0.39 is 18.1 Å². The number of hydrogen-bond donors (Lipinski definition) is 4. The van der Waals surface area contributed by atoms with Gasteiger partial charge in [-0.05, 0) is 19.1 Å². The second kappa shape index (κ2) is 6.65. The predicted octanol–water partition coefficient (Wildman–Crippen LogP) is 0.223. The van der Waals surface area contributed by atoms with E-state index >= 15 is 0 Å². The molecule has 0 radical (unpaired) electrons. The smallest absolute Gasteiger partial charge is 0.332 e. The maximum atomic E-state index is 11.3. The average molecular weight is 256 g/mol. The summed E-state index contributed by atoms with van der Waals surface area (Å²) in [6.45, 7) is 2.13. The van der Waals surface area contributed by atoms with Gasteiger partial charge in [0.2, 0.25) is 0 Å². The monoisotopic (exact) mass is 256 g/mol. The highest BCUT2D eigenvalue weighted by Gasteiger charge is 2.12. The van der Waals surface area contributed by atoms with Crippen molar-refractivity contribution < 1.29 is 24.2 Å². The number of amides is 2. The van der Waals surface area contributed by atoms with Crippen molar-refractivity contribution in [3.05, 3.63) is 23.7 Å². The number of carbonyl (C=O) groups excluding carboxylic acids is 1. The molecule has 0 unspecified atom stereocenters. The van der Waals surface area contributed by atoms with Crippen molar-refractivity contribution >= 4 is 12.0 Å². The number of carboxylic acids is 1. The van der Waals surface area contributed by atoms with E-state index in [9.17, 15) is 9.59 Å². The van der Waals surface area contributed by atoms with Gasteiger partial charge >= 0.3 is 12.0 Å². The molecular formula is C11H16N2O5. The number of hydrogen-bond acceptors (Lipinski definition) is 4. The molecule has 7 nitrogen and oxygen atoms in total. The number of carbonyl (C=O) groups is 2. The Balaban J connectivity index is 2.16. The quantitative estimate of drug-likeness (QED) is 0.582. The molecule has 1 atom stereocenters. The van der Waals surface area contributed by atoms with Crippen molar-refractivity contribution in [2.45, 2.75) is 26.0 Å². The molecule has 0 aromatic carbocycles. The highest BCUT2D eigenvalue weighted by molar-refractivity contribution is 5.74. The molecular weight excluding hydrogens is 240 g/mol. The first-order valence-corrected chi connectivity index (χ1v) is 5.47. The number of aryl methyl sites for hydroxylation is 1. The summed E-state index contributed by atoms with van der Waals surface area (Å²) in [6, 6.07) is 3.10. The zero-order valence-corrected chi connectivity index (χ0v) is 9.97. The molecule has 7 heteroatoms. The number of furan rings is 1. The molecule has 0 saturated carbocycles. The molecule has 0 spiro atoms. The minimum absolute atomic E-state index is 0.0391. The van der Waals surface area contributed by atoms with Gasteiger partial charge in [-0.3, -0.25) is 0 Å². The third-order valence-electron chi connectivity index (χ3n) is 2.21. The largest absolute Gasteiger partial charge is 0.479 e. The van der Waals surface area contributed by atoms with Crippen molar-refractivity contribution in [2.24, 2.45) is 0 Å². The fourth-order valence-corrected chi connectivity index (χ4v) is 1.26. The molecule has 1 aromatic heterocycles. The Labute approximate surface area is 104 Å². The van der Waals surface area contributed by atoms with Crippen molar-refractivity contribution in [3.8, 4) is 0 Å². The normalized spacial score (nSPS) is 11.9. The fraction of sp³-hybridized carbons (Fsp3) is 0.455. The molecule has 0 aliphatic heterocycles. The van der Waals surface area contributed by atoms with Gasteiger partial charge in [0.05, 0.1) is 6.54 Å². The first kappa shape index (κ1) is 14.0. The van der Waals surface area contributed by atoms with Crippen LogP contribution in [0, 0.1) is 6.92 Å². The summed E-state index contributed by atoms with van der Waals surface area (Å²) >= 11 is 0. The third kappa shape index (κ3) is 4.88. The molecule has 0 aliphatic carbocycles. The lowest BCUT2D eigenvalue weighted by molar-refractivity contribution is -0.146. The van der Waals surface area contributed by atoms with Crippen LogP contribution in [0.5, 0.6) is 0 Å². The molecule has 1 heterocycles. The summed E-state index contributed by atoms with van der Waals surface area (Å²) in [4.78, 5) is 21.6. The zero-order valence-electron chi connectivity index (χ0n) is 9.97. The van der Waals surface area contributed by atoms with Crippen LogP contribution in [-0.4, -0.2) is 34.9 Å². The topological polar surface area (TPSA) is 112 Å². The van der Waals surface area contributed by atoms with E-state index in [2.05, 4.69) is 10.6 Å². The van der Waals surface area contributed by atoms with Crippen LogP contribution >= 0.6 is 0 Å². The highest BCUT2D eigenvalue weighted by atomic mass is 16.4. The van der Waals surface area contributed by atoms with Gasteiger partial charge in [0, 0.05) is 13.0 Å². The van der Waals surface area contributed by atoms with E-state index in [0.717, 1.165) is 5.76 Å². The van der Waals surface area contributed by atoms with E-state index in [4.69, 9.17) is 14.6 Å². The molecule has 18 heavy (non-hydrogen) atoms. The van der Waals surface area contributed by atoms with Crippen LogP contribution in [0.1, 0.15) is 17.9 Å². The Hall–Kier alpha value is -2.02. The van der Waals surface area contributed by atoms with Crippen LogP contribution < -0.4 is 10.6 Å². The lowest BCUT2D eigenvalue weighted by Crippen LogP contribution is -2.37. The first-order valence-electron chi connectivity index (χ1n) is 5.47. The fourth-order valence-electron chi connectivity index (χ4n) is 1.26. The molecule has 0 bridgehead atoms. The number of rotatable bonds is 6. The van der Waals surface area contributed by atoms with Gasteiger partial charge < -0.3 is 25.3 Å². The van der Waals surface area contributed by atoms with Crippen molar-refractivity contribution in [2.75, 3.05) is 6.54 Å². The average Bonchev–Trinajstić information content (AvgIpc) is 2.72. The van der Waals surface area contributed by atoms with Gasteiger partial charge in [-0.2, -0.15) is 0 Å². The van der Waals surface area contributed by atoms with Crippen molar-refractivity contribution in [1.82, 2.24) is 10.6 Å². The number of carboxylic acid groups (broad SMARTS) is 1. The van der Waals surface area contributed by atoms with Crippen LogP contribution in [0.4, 0.5) is 4.79 Å². The van der Waals surface area contributed by atoms with Gasteiger partial charge in [-0.25, -0.2) is 9.59 Å². The van der Waals surface area contributed by atoms with Crippen LogP contribution in [0.25, 0.3) is 0 Å². The van der Waals surface area contributed by atoms with Crippen molar-refractivity contribution in [1.29, 1.82) is 0 Å². The maximum Gasteiger partial charge on any atom is 0.332 e. The van der Waals surface area contributed by atoms with E-state index in [-0.39, 0.29) is 19.5 Å². The second-order valence-corrected chi connectivity index (χ2v) is 3.76. The number of urea groups is 1. The Morgan fingerprint density at radius 3 is 2.67 bits per heavy atom. The van der Waals surface area contributed by atoms with Crippen LogP contribution in [0.15, 0.2) is 16.5 Å². The van der Waals surface area contributed by atoms with Crippen LogP contribution in [0.2, 0.25) is 0 Å². The van der Waals surface area contributed by atoms with E-state index in [1.54, 1.807) is 19.1 Å². The summed E-state index contributed by atoms with van der Waals surface area (Å²) in [7, 11) is 0. The molecule has 0 fully saturated rings. The van der Waals surface area contributed by atoms with E-state index in [0.29, 0.717) is 5.76 Å². The van der Waals surface area contributed by atoms with Crippen LogP contribution in [0.3, 0.4) is 0 Å². The summed E-state index contributed by atoms with van der Waals surface area (Å²) in [6.07, 6.45) is -1.50. The zero-order chi connectivity index (χ0) is 13.5. The SMILES string of the molecule is Cc1ccc(CNC(=O)NCC[C@H](O)C(=O)O)o1. The van der Waals surface area contributed by atoms with Gasteiger partial charge in [0.25, 0.3) is 0 Å². The van der Waals surface area contributed by atoms with E-state index in [1.807, 2.05) is 0 Å². The van der Waals surface area contributed by atoms with Gasteiger partial charge in [0.1, 0.15) is 11.5 Å². The lowest BCUT2D eigenvalue weighted by atomic mass is 10.2. The highest BCUT2D eigenvalue weighted by Crippen LogP contribution is 2.05. The molecule has 100 valence electrons. The standard InChI is InChI=1S/C11H16N2O5/c1-7-2-3-8(18-7)6-13-11(17)12-5-4-9(14)10(15)16/h2-3,9,14H,4-6H2,1H3,(H,15,16)(H2,12,13,17)/t9-/m0/s1. The molecule has 0 aliphatic rings. The minimum Gasteiger partial charge on any atom is -0.479 e. The van der Waals surface area contributed by atoms with Crippen molar-refractivity contribution in [3.63, 3.8) is 0 Å². The van der Waals surface area contributed by atoms with Gasteiger partial charge in [0.15, 0.2) is 6.10 Å². The molecule has 2 amide bonds. The Morgan fingerprint density at radius 2 is 2.11 bits per heavy atom. The van der Waals surface area contributed by atoms with Gasteiger partial charge in [-0.15, -0.1) is 0 Å². The number of aliphatic hydroxyl groups excluding tert-OH is 1. The Morgan fingerprint density at radius 1 is 1.39 bits per heavy atom. The first-order chi connectivity index (χ1) is 8.49. The minimum atomic E-state index is -1.46. The molecule has 0 saturated heterocycles. The summed E-state index contributed by atoms with van der Waals surface area (Å²) in [5.41, 5.74) is 0. The third-order valence-corrected chi connectivity index (χ3v) is 2.21. The predicted molar refractivity (Wildman–Crippen MR) is 61.9 cm³/mol. The molecule has 4 N–H and O–H groups in total. The summed E-state index contributed by atoms with van der Waals surface area (Å²) < 4.78 is 5.25. The van der Waals surface area contributed by atoms with E-state index in [1.165, 1.54) is 0 Å². The lowest BCUT2D eigenvalue weighted by Gasteiger charge is -2.08. The van der Waals surface area contributed by atoms with Gasteiger partial charge in [-0.1, -0.05) is 0 Å². The molecule has 1 rings (SSSR count). The molecule has 1 aromatic rings. The second-order valence-electron chi connectivity index (χ2n) is 3.76. The summed E-state index contributed by atoms with van der Waals surface area (Å²) in [5, 5.41) is 22.3. The Kier molecular flexibility index (Phi) is 5.19. The summed E-state index contributed by atoms with van der Waals surface area (Å²) in [5.74, 6) is 0.0910.